The molecule has 6 nitrogen and oxygen atoms in total. The van der Waals surface area contributed by atoms with Gasteiger partial charge in [-0.15, -0.1) is 0 Å². The van der Waals surface area contributed by atoms with Crippen LogP contribution in [-0.4, -0.2) is 53.3 Å². The molecule has 1 fully saturated rings. The molecule has 98 valence electrons. The zero-order valence-corrected chi connectivity index (χ0v) is 10.7. The Morgan fingerprint density at radius 3 is 3.16 bits per heavy atom. The topological polar surface area (TPSA) is 63.5 Å². The number of hydrazone groups is 1. The largest absolute Gasteiger partial charge is 0.368 e. The van der Waals surface area contributed by atoms with Gasteiger partial charge in [-0.1, -0.05) is 12.1 Å². The third kappa shape index (κ3) is 1.50. The number of aliphatic hydroxyl groups excluding tert-OH is 1. The maximum Gasteiger partial charge on any atom is 0.166 e. The lowest BCUT2D eigenvalue weighted by Gasteiger charge is -2.40. The Kier molecular flexibility index (Phi) is 2.18. The van der Waals surface area contributed by atoms with E-state index in [4.69, 9.17) is 4.99 Å². The summed E-state index contributed by atoms with van der Waals surface area (Å²) in [7, 11) is 2.09. The van der Waals surface area contributed by atoms with Gasteiger partial charge >= 0.3 is 0 Å². The van der Waals surface area contributed by atoms with Gasteiger partial charge in [0.05, 0.1) is 17.8 Å². The highest BCUT2D eigenvalue weighted by Crippen LogP contribution is 2.34. The third-order valence-electron chi connectivity index (χ3n) is 3.82. The van der Waals surface area contributed by atoms with Gasteiger partial charge < -0.3 is 10.0 Å². The van der Waals surface area contributed by atoms with Gasteiger partial charge in [-0.2, -0.15) is 5.10 Å². The van der Waals surface area contributed by atoms with Crippen molar-refractivity contribution in [3.63, 3.8) is 0 Å². The Hall–Kier alpha value is -1.92. The van der Waals surface area contributed by atoms with Gasteiger partial charge in [-0.25, -0.2) is 4.99 Å². The fourth-order valence-electron chi connectivity index (χ4n) is 2.83. The normalized spacial score (nSPS) is 24.9. The summed E-state index contributed by atoms with van der Waals surface area (Å²) in [6, 6.07) is 5.82. The molecule has 1 atom stereocenters. The van der Waals surface area contributed by atoms with Crippen LogP contribution in [0.2, 0.25) is 0 Å². The lowest BCUT2D eigenvalue weighted by atomic mass is 9.99. The van der Waals surface area contributed by atoms with Crippen LogP contribution in [0.1, 0.15) is 17.4 Å². The first-order chi connectivity index (χ1) is 9.24. The molecule has 0 spiro atoms. The molecule has 3 heterocycles. The van der Waals surface area contributed by atoms with Gasteiger partial charge in [0.15, 0.2) is 12.1 Å². The van der Waals surface area contributed by atoms with E-state index in [1.165, 1.54) is 0 Å². The Bertz CT molecular complexity index is 609. The number of fused-ring (bicyclic) bond motifs is 2. The Labute approximate surface area is 111 Å². The summed E-state index contributed by atoms with van der Waals surface area (Å²) in [5, 5.41) is 14.3. The van der Waals surface area contributed by atoms with E-state index in [2.05, 4.69) is 27.4 Å². The van der Waals surface area contributed by atoms with Crippen molar-refractivity contribution in [1.82, 2.24) is 15.2 Å². The number of rotatable bonds is 0. The number of benzene rings is 1. The average molecular weight is 257 g/mol. The molecule has 1 aromatic rings. The van der Waals surface area contributed by atoms with Crippen molar-refractivity contribution >= 4 is 17.4 Å². The molecule has 3 aliphatic rings. The fourth-order valence-corrected chi connectivity index (χ4v) is 2.83. The SMILES string of the molecule is CN1CCN2C(=Nc3cccc4c3C2=NNC4O)C1. The zero-order valence-electron chi connectivity index (χ0n) is 10.7. The predicted molar refractivity (Wildman–Crippen MR) is 72.4 cm³/mol. The second-order valence-corrected chi connectivity index (χ2v) is 5.13. The van der Waals surface area contributed by atoms with Gasteiger partial charge in [0, 0.05) is 18.7 Å². The molecule has 1 aromatic carbocycles. The van der Waals surface area contributed by atoms with Crippen molar-refractivity contribution in [2.24, 2.45) is 10.1 Å². The molecule has 2 N–H and O–H groups in total. The van der Waals surface area contributed by atoms with E-state index < -0.39 is 6.23 Å². The van der Waals surface area contributed by atoms with Crippen molar-refractivity contribution in [3.8, 4) is 0 Å². The van der Waals surface area contributed by atoms with Crippen LogP contribution in [0.25, 0.3) is 0 Å². The molecule has 6 heteroatoms. The van der Waals surface area contributed by atoms with Gasteiger partial charge in [0.25, 0.3) is 0 Å². The van der Waals surface area contributed by atoms with Gasteiger partial charge in [0.2, 0.25) is 0 Å². The van der Waals surface area contributed by atoms with Crippen LogP contribution < -0.4 is 5.43 Å². The monoisotopic (exact) mass is 257 g/mol. The van der Waals surface area contributed by atoms with E-state index >= 15 is 0 Å². The molecule has 3 aliphatic heterocycles. The molecule has 0 amide bonds. The standard InChI is InChI=1S/C13H15N5O/c1-17-5-6-18-10(7-17)14-9-4-2-3-8-11(9)12(18)15-16-13(8)19/h2-4,13,16,19H,5-7H2,1H3. The third-order valence-corrected chi connectivity index (χ3v) is 3.82. The van der Waals surface area contributed by atoms with E-state index in [0.717, 1.165) is 48.1 Å². The van der Waals surface area contributed by atoms with Crippen LogP contribution in [0.4, 0.5) is 5.69 Å². The molecule has 0 radical (unpaired) electrons. The molecular formula is C13H15N5O. The minimum absolute atomic E-state index is 0.747. The van der Waals surface area contributed by atoms with E-state index in [-0.39, 0.29) is 0 Å². The Morgan fingerprint density at radius 1 is 1.37 bits per heavy atom. The summed E-state index contributed by atoms with van der Waals surface area (Å²) in [4.78, 5) is 9.12. The summed E-state index contributed by atoms with van der Waals surface area (Å²) >= 11 is 0. The first-order valence-corrected chi connectivity index (χ1v) is 6.42. The zero-order chi connectivity index (χ0) is 13.0. The summed E-state index contributed by atoms with van der Waals surface area (Å²) in [5.74, 6) is 1.91. The quantitative estimate of drug-likeness (QED) is 0.698. The highest BCUT2D eigenvalue weighted by atomic mass is 16.3. The van der Waals surface area contributed by atoms with Gasteiger partial charge in [-0.05, 0) is 13.1 Å². The van der Waals surface area contributed by atoms with E-state index in [9.17, 15) is 5.11 Å². The lowest BCUT2D eigenvalue weighted by Crippen LogP contribution is -2.54. The molecule has 0 saturated carbocycles. The number of aliphatic imine (C=N–C) groups is 1. The second kappa shape index (κ2) is 3.79. The predicted octanol–water partition coefficient (Wildman–Crippen LogP) is 0.233. The lowest BCUT2D eigenvalue weighted by molar-refractivity contribution is 0.137. The average Bonchev–Trinajstić information content (AvgIpc) is 2.41. The molecule has 1 unspecified atom stereocenters. The van der Waals surface area contributed by atoms with Crippen LogP contribution >= 0.6 is 0 Å². The first kappa shape index (κ1) is 11.0. The molecule has 4 rings (SSSR count). The number of aliphatic hydroxyl groups is 1. The van der Waals surface area contributed by atoms with Crippen molar-refractivity contribution < 1.29 is 5.11 Å². The van der Waals surface area contributed by atoms with Crippen molar-refractivity contribution in [2.75, 3.05) is 26.7 Å². The highest BCUT2D eigenvalue weighted by Gasteiger charge is 2.34. The summed E-state index contributed by atoms with van der Waals surface area (Å²) in [6.45, 7) is 2.68. The number of piperazine rings is 1. The van der Waals surface area contributed by atoms with Crippen molar-refractivity contribution in [1.29, 1.82) is 0 Å². The van der Waals surface area contributed by atoms with Crippen LogP contribution in [0.3, 0.4) is 0 Å². The van der Waals surface area contributed by atoms with Crippen LogP contribution in [0.15, 0.2) is 28.3 Å². The first-order valence-electron chi connectivity index (χ1n) is 6.42. The minimum atomic E-state index is -0.747. The number of hydrogen-bond acceptors (Lipinski definition) is 6. The number of amidine groups is 2. The van der Waals surface area contributed by atoms with Crippen LogP contribution in [0, 0.1) is 0 Å². The highest BCUT2D eigenvalue weighted by molar-refractivity contribution is 6.17. The molecule has 19 heavy (non-hydrogen) atoms. The maximum absolute atomic E-state index is 9.97. The Balaban J connectivity index is 1.92. The Morgan fingerprint density at radius 2 is 2.26 bits per heavy atom. The summed E-state index contributed by atoms with van der Waals surface area (Å²) in [5.41, 5.74) is 5.49. The smallest absolute Gasteiger partial charge is 0.166 e. The minimum Gasteiger partial charge on any atom is -0.368 e. The van der Waals surface area contributed by atoms with Crippen molar-refractivity contribution in [2.45, 2.75) is 6.23 Å². The van der Waals surface area contributed by atoms with Gasteiger partial charge in [-0.3, -0.25) is 10.3 Å². The van der Waals surface area contributed by atoms with E-state index in [0.29, 0.717) is 0 Å². The number of nitrogens with one attached hydrogen (secondary N) is 1. The molecule has 0 aromatic heterocycles. The fraction of sp³-hybridized carbons (Fsp3) is 0.385. The van der Waals surface area contributed by atoms with E-state index in [1.807, 2.05) is 18.2 Å². The molecule has 0 bridgehead atoms. The molecule has 1 saturated heterocycles. The summed E-state index contributed by atoms with van der Waals surface area (Å²) < 4.78 is 0. The van der Waals surface area contributed by atoms with Crippen molar-refractivity contribution in [3.05, 3.63) is 29.3 Å². The second-order valence-electron chi connectivity index (χ2n) is 5.13. The number of hydrogen-bond donors (Lipinski definition) is 2. The summed E-state index contributed by atoms with van der Waals surface area (Å²) in [6.07, 6.45) is -0.747. The van der Waals surface area contributed by atoms with E-state index in [1.54, 1.807) is 0 Å². The van der Waals surface area contributed by atoms with Crippen LogP contribution in [-0.2, 0) is 0 Å². The molecule has 0 aliphatic carbocycles. The number of nitrogens with zero attached hydrogens (tertiary/aromatic N) is 4. The van der Waals surface area contributed by atoms with Gasteiger partial charge in [0.1, 0.15) is 5.84 Å². The maximum atomic E-state index is 9.97. The number of likely N-dealkylation sites (N-methyl/N-ethyl adjacent to an activating group) is 1. The van der Waals surface area contributed by atoms with Crippen LogP contribution in [0.5, 0.6) is 0 Å². The molecular weight excluding hydrogens is 242 g/mol.